The van der Waals surface area contributed by atoms with Crippen molar-refractivity contribution in [3.05, 3.63) is 0 Å². The number of amides is 1. The topological polar surface area (TPSA) is 29.5 Å². The molecule has 0 radical (unpaired) electrons. The van der Waals surface area contributed by atoms with Gasteiger partial charge in [-0.05, 0) is 13.3 Å². The van der Waals surface area contributed by atoms with Crippen LogP contribution in [-0.2, 0) is 9.53 Å². The van der Waals surface area contributed by atoms with Gasteiger partial charge < -0.3 is 9.64 Å². The summed E-state index contributed by atoms with van der Waals surface area (Å²) in [5, 5.41) is 0. The second-order valence-corrected chi connectivity index (χ2v) is 3.67. The maximum absolute atomic E-state index is 12.9. The van der Waals surface area contributed by atoms with E-state index in [2.05, 4.69) is 4.74 Å². The van der Waals surface area contributed by atoms with Gasteiger partial charge in [-0.3, -0.25) is 4.79 Å². The summed E-state index contributed by atoms with van der Waals surface area (Å²) >= 11 is 0. The van der Waals surface area contributed by atoms with Gasteiger partial charge in [-0.25, -0.2) is 8.78 Å². The summed E-state index contributed by atoms with van der Waals surface area (Å²) in [6.07, 6.45) is -3.60. The number of hydrogen-bond donors (Lipinski definition) is 0. The number of hydrogen-bond acceptors (Lipinski definition) is 2. The van der Waals surface area contributed by atoms with Gasteiger partial charge in [-0.2, -0.15) is 8.78 Å². The third kappa shape index (κ3) is 4.14. The van der Waals surface area contributed by atoms with Crippen LogP contribution in [0.5, 0.6) is 0 Å². The van der Waals surface area contributed by atoms with Crippen LogP contribution in [-0.4, -0.2) is 49.5 Å². The summed E-state index contributed by atoms with van der Waals surface area (Å²) in [6.45, 7) is 3.09. The summed E-state index contributed by atoms with van der Waals surface area (Å²) in [5.41, 5.74) is 0. The Morgan fingerprint density at radius 3 is 2.29 bits per heavy atom. The summed E-state index contributed by atoms with van der Waals surface area (Å²) in [7, 11) is 1.34. The zero-order valence-electron chi connectivity index (χ0n) is 10.1. The van der Waals surface area contributed by atoms with E-state index in [1.165, 1.54) is 14.0 Å². The largest absolute Gasteiger partial charge is 0.383 e. The standard InChI is InChI=1S/C10H17F4NO2/c1-4-7(2)15(5-6-17-3)9(16)10(13,14)8(11)12/h7-8H,4-6H2,1-3H3. The lowest BCUT2D eigenvalue weighted by molar-refractivity contribution is -0.183. The SMILES string of the molecule is CCC(C)N(CCOC)C(=O)C(F)(F)C(F)F. The number of methoxy groups -OCH3 is 1. The molecule has 102 valence electrons. The highest BCUT2D eigenvalue weighted by atomic mass is 19.3. The van der Waals surface area contributed by atoms with Crippen molar-refractivity contribution >= 4 is 5.91 Å². The maximum atomic E-state index is 12.9. The fourth-order valence-corrected chi connectivity index (χ4v) is 1.22. The van der Waals surface area contributed by atoms with Crippen molar-refractivity contribution in [2.45, 2.75) is 38.7 Å². The van der Waals surface area contributed by atoms with Gasteiger partial charge in [0.25, 0.3) is 5.91 Å². The molecule has 0 aromatic carbocycles. The van der Waals surface area contributed by atoms with Crippen LogP contribution in [0.25, 0.3) is 0 Å². The average molecular weight is 259 g/mol. The Hall–Kier alpha value is -0.850. The first-order valence-electron chi connectivity index (χ1n) is 5.24. The molecule has 0 aliphatic heterocycles. The van der Waals surface area contributed by atoms with Crippen LogP contribution >= 0.6 is 0 Å². The van der Waals surface area contributed by atoms with Crippen LogP contribution in [0.1, 0.15) is 20.3 Å². The molecule has 0 heterocycles. The quantitative estimate of drug-likeness (QED) is 0.656. The number of carbonyl (C=O) groups excluding carboxylic acids is 1. The Morgan fingerprint density at radius 1 is 1.41 bits per heavy atom. The molecule has 0 bridgehead atoms. The molecule has 0 rings (SSSR count). The van der Waals surface area contributed by atoms with Gasteiger partial charge >= 0.3 is 12.3 Å². The molecule has 0 saturated heterocycles. The molecule has 0 fully saturated rings. The molecule has 1 amide bonds. The number of ether oxygens (including phenoxy) is 1. The van der Waals surface area contributed by atoms with E-state index < -0.39 is 24.3 Å². The van der Waals surface area contributed by atoms with E-state index in [-0.39, 0.29) is 13.2 Å². The number of carbonyl (C=O) groups is 1. The van der Waals surface area contributed by atoms with Gasteiger partial charge in [0.15, 0.2) is 0 Å². The highest BCUT2D eigenvalue weighted by molar-refractivity contribution is 5.84. The van der Waals surface area contributed by atoms with Crippen molar-refractivity contribution in [2.24, 2.45) is 0 Å². The first-order valence-corrected chi connectivity index (χ1v) is 5.24. The zero-order valence-corrected chi connectivity index (χ0v) is 10.1. The second-order valence-electron chi connectivity index (χ2n) is 3.67. The number of alkyl halides is 4. The second kappa shape index (κ2) is 6.78. The van der Waals surface area contributed by atoms with Crippen LogP contribution in [0.15, 0.2) is 0 Å². The third-order valence-corrected chi connectivity index (χ3v) is 2.48. The normalized spacial score (nSPS) is 13.9. The van der Waals surface area contributed by atoms with Gasteiger partial charge in [0, 0.05) is 19.7 Å². The molecule has 0 N–H and O–H groups in total. The first kappa shape index (κ1) is 16.1. The average Bonchev–Trinajstić information content (AvgIpc) is 2.28. The van der Waals surface area contributed by atoms with E-state index in [0.29, 0.717) is 6.42 Å². The van der Waals surface area contributed by atoms with E-state index in [1.807, 2.05) is 0 Å². The minimum atomic E-state index is -4.64. The van der Waals surface area contributed by atoms with Gasteiger partial charge in [-0.15, -0.1) is 0 Å². The number of rotatable bonds is 7. The van der Waals surface area contributed by atoms with Crippen LogP contribution in [0, 0.1) is 0 Å². The molecule has 1 unspecified atom stereocenters. The van der Waals surface area contributed by atoms with E-state index in [9.17, 15) is 22.4 Å². The fraction of sp³-hybridized carbons (Fsp3) is 0.900. The first-order chi connectivity index (χ1) is 7.78. The minimum absolute atomic E-state index is 0.0232. The molecule has 1 atom stereocenters. The van der Waals surface area contributed by atoms with Gasteiger partial charge in [0.05, 0.1) is 6.61 Å². The maximum Gasteiger partial charge on any atom is 0.383 e. The summed E-state index contributed by atoms with van der Waals surface area (Å²) in [5.74, 6) is -6.49. The van der Waals surface area contributed by atoms with E-state index in [1.54, 1.807) is 6.92 Å². The Kier molecular flexibility index (Phi) is 6.44. The third-order valence-electron chi connectivity index (χ3n) is 2.48. The minimum Gasteiger partial charge on any atom is -0.383 e. The molecular weight excluding hydrogens is 242 g/mol. The van der Waals surface area contributed by atoms with E-state index in [0.717, 1.165) is 4.90 Å². The van der Waals surface area contributed by atoms with Crippen LogP contribution < -0.4 is 0 Å². The van der Waals surface area contributed by atoms with Crippen molar-refractivity contribution in [3.8, 4) is 0 Å². The highest BCUT2D eigenvalue weighted by Gasteiger charge is 2.51. The molecule has 3 nitrogen and oxygen atoms in total. The Labute approximate surface area is 97.7 Å². The van der Waals surface area contributed by atoms with Crippen molar-refractivity contribution in [1.29, 1.82) is 0 Å². The molecular formula is C10H17F4NO2. The Morgan fingerprint density at radius 2 is 1.94 bits per heavy atom. The van der Waals surface area contributed by atoms with Crippen molar-refractivity contribution < 1.29 is 27.1 Å². The molecule has 0 aliphatic rings. The predicted octanol–water partition coefficient (Wildman–Crippen LogP) is 2.16. The van der Waals surface area contributed by atoms with E-state index >= 15 is 0 Å². The Balaban J connectivity index is 4.85. The summed E-state index contributed by atoms with van der Waals surface area (Å²) < 4.78 is 54.7. The van der Waals surface area contributed by atoms with Crippen LogP contribution in [0.3, 0.4) is 0 Å². The summed E-state index contributed by atoms with van der Waals surface area (Å²) in [6, 6.07) is -0.540. The van der Waals surface area contributed by atoms with Gasteiger partial charge in [0.1, 0.15) is 0 Å². The summed E-state index contributed by atoms with van der Waals surface area (Å²) in [4.78, 5) is 12.1. The lowest BCUT2D eigenvalue weighted by Gasteiger charge is -2.31. The zero-order chi connectivity index (χ0) is 13.6. The van der Waals surface area contributed by atoms with Gasteiger partial charge in [-0.1, -0.05) is 6.92 Å². The smallest absolute Gasteiger partial charge is 0.383 e. The van der Waals surface area contributed by atoms with E-state index in [4.69, 9.17) is 0 Å². The number of nitrogens with zero attached hydrogens (tertiary/aromatic N) is 1. The fourth-order valence-electron chi connectivity index (χ4n) is 1.22. The highest BCUT2D eigenvalue weighted by Crippen LogP contribution is 2.26. The lowest BCUT2D eigenvalue weighted by Crippen LogP contribution is -2.51. The van der Waals surface area contributed by atoms with Crippen LogP contribution in [0.2, 0.25) is 0 Å². The molecule has 17 heavy (non-hydrogen) atoms. The van der Waals surface area contributed by atoms with Crippen LogP contribution in [0.4, 0.5) is 17.6 Å². The van der Waals surface area contributed by atoms with Crippen molar-refractivity contribution in [2.75, 3.05) is 20.3 Å². The lowest BCUT2D eigenvalue weighted by atomic mass is 10.2. The monoisotopic (exact) mass is 259 g/mol. The molecule has 0 aromatic heterocycles. The molecule has 7 heteroatoms. The molecule has 0 spiro atoms. The molecule has 0 saturated carbocycles. The molecule has 0 aromatic rings. The van der Waals surface area contributed by atoms with Crippen molar-refractivity contribution in [1.82, 2.24) is 4.90 Å². The number of halogens is 4. The Bertz CT molecular complexity index is 248. The van der Waals surface area contributed by atoms with Gasteiger partial charge in [0.2, 0.25) is 0 Å². The van der Waals surface area contributed by atoms with Crippen molar-refractivity contribution in [3.63, 3.8) is 0 Å². The molecule has 0 aliphatic carbocycles. The predicted molar refractivity (Wildman–Crippen MR) is 54.3 cm³/mol.